The van der Waals surface area contributed by atoms with E-state index in [4.69, 9.17) is 4.74 Å². The van der Waals surface area contributed by atoms with E-state index < -0.39 is 6.10 Å². The maximum atomic E-state index is 9.99. The van der Waals surface area contributed by atoms with Crippen LogP contribution in [0, 0.1) is 5.92 Å². The Kier molecular flexibility index (Phi) is 5.83. The average Bonchev–Trinajstić information content (AvgIpc) is 2.83. The van der Waals surface area contributed by atoms with Crippen LogP contribution < -0.4 is 4.74 Å². The number of nitrogens with zero attached hydrogens (tertiary/aromatic N) is 1. The van der Waals surface area contributed by atoms with Crippen molar-refractivity contribution >= 4 is 0 Å². The van der Waals surface area contributed by atoms with Crippen LogP contribution in [0.2, 0.25) is 0 Å². The third kappa shape index (κ3) is 4.78. The molecule has 1 aliphatic rings. The summed E-state index contributed by atoms with van der Waals surface area (Å²) in [6, 6.07) is 9.52. The van der Waals surface area contributed by atoms with Crippen molar-refractivity contribution in [2.45, 2.75) is 31.5 Å². The van der Waals surface area contributed by atoms with E-state index in [1.807, 2.05) is 37.4 Å². The van der Waals surface area contributed by atoms with Crippen LogP contribution in [0.4, 0.5) is 0 Å². The van der Waals surface area contributed by atoms with Crippen molar-refractivity contribution < 1.29 is 14.9 Å². The van der Waals surface area contributed by atoms with Crippen molar-refractivity contribution in [1.29, 1.82) is 0 Å². The molecule has 0 spiro atoms. The van der Waals surface area contributed by atoms with Crippen LogP contribution in [-0.4, -0.2) is 54.1 Å². The van der Waals surface area contributed by atoms with Crippen LogP contribution in [0.3, 0.4) is 0 Å². The van der Waals surface area contributed by atoms with E-state index in [9.17, 15) is 10.2 Å². The van der Waals surface area contributed by atoms with E-state index in [2.05, 4.69) is 4.90 Å². The van der Waals surface area contributed by atoms with Crippen molar-refractivity contribution in [2.75, 3.05) is 26.7 Å². The zero-order chi connectivity index (χ0) is 14.4. The number of aliphatic hydroxyl groups excluding tert-OH is 2. The van der Waals surface area contributed by atoms with Crippen LogP contribution in [0.5, 0.6) is 5.75 Å². The lowest BCUT2D eigenvalue weighted by molar-refractivity contribution is 0.0578. The molecule has 0 aromatic heterocycles. The number of ether oxygens (including phenoxy) is 1. The van der Waals surface area contributed by atoms with Gasteiger partial charge in [0, 0.05) is 13.1 Å². The molecule has 1 aromatic rings. The van der Waals surface area contributed by atoms with Crippen LogP contribution in [-0.2, 0) is 0 Å². The molecule has 1 fully saturated rings. The number of likely N-dealkylation sites (N-methyl/N-ethyl adjacent to an activating group) is 1. The van der Waals surface area contributed by atoms with Crippen LogP contribution >= 0.6 is 0 Å². The van der Waals surface area contributed by atoms with Gasteiger partial charge in [0.05, 0.1) is 6.10 Å². The first kappa shape index (κ1) is 15.3. The van der Waals surface area contributed by atoms with Gasteiger partial charge in [-0.25, -0.2) is 0 Å². The molecule has 1 aliphatic carbocycles. The van der Waals surface area contributed by atoms with Crippen LogP contribution in [0.25, 0.3) is 0 Å². The lowest BCUT2D eigenvalue weighted by atomic mass is 10.1. The molecule has 0 bridgehead atoms. The highest BCUT2D eigenvalue weighted by Gasteiger charge is 2.26. The van der Waals surface area contributed by atoms with Gasteiger partial charge in [-0.05, 0) is 37.9 Å². The molecule has 0 heterocycles. The summed E-state index contributed by atoms with van der Waals surface area (Å²) in [4.78, 5) is 2.08. The highest BCUT2D eigenvalue weighted by Crippen LogP contribution is 2.25. The number of benzene rings is 1. The Bertz CT molecular complexity index is 385. The number of rotatable bonds is 7. The summed E-state index contributed by atoms with van der Waals surface area (Å²) in [5, 5.41) is 19.8. The van der Waals surface area contributed by atoms with E-state index in [1.54, 1.807) is 0 Å². The zero-order valence-electron chi connectivity index (χ0n) is 12.1. The van der Waals surface area contributed by atoms with E-state index in [-0.39, 0.29) is 6.10 Å². The minimum Gasteiger partial charge on any atom is -0.491 e. The van der Waals surface area contributed by atoms with Crippen LogP contribution in [0.1, 0.15) is 19.3 Å². The predicted molar refractivity (Wildman–Crippen MR) is 78.8 cm³/mol. The van der Waals surface area contributed by atoms with Crippen molar-refractivity contribution in [1.82, 2.24) is 4.90 Å². The van der Waals surface area contributed by atoms with Crippen molar-refractivity contribution in [3.05, 3.63) is 30.3 Å². The van der Waals surface area contributed by atoms with Gasteiger partial charge in [0.2, 0.25) is 0 Å². The second kappa shape index (κ2) is 7.62. The first-order chi connectivity index (χ1) is 9.65. The van der Waals surface area contributed by atoms with Gasteiger partial charge in [0.1, 0.15) is 18.5 Å². The lowest BCUT2D eigenvalue weighted by Crippen LogP contribution is -2.37. The molecule has 2 rings (SSSR count). The van der Waals surface area contributed by atoms with Gasteiger partial charge in [-0.15, -0.1) is 0 Å². The fourth-order valence-electron chi connectivity index (χ4n) is 2.83. The molecular formula is C16H25NO3. The maximum Gasteiger partial charge on any atom is 0.119 e. The number of hydrogen-bond acceptors (Lipinski definition) is 4. The Labute approximate surface area is 121 Å². The summed E-state index contributed by atoms with van der Waals surface area (Å²) in [7, 11) is 1.98. The minimum atomic E-state index is -0.515. The Morgan fingerprint density at radius 3 is 2.70 bits per heavy atom. The highest BCUT2D eigenvalue weighted by molar-refractivity contribution is 5.20. The van der Waals surface area contributed by atoms with Gasteiger partial charge < -0.3 is 19.8 Å². The highest BCUT2D eigenvalue weighted by atomic mass is 16.5. The third-order valence-electron chi connectivity index (χ3n) is 3.87. The van der Waals surface area contributed by atoms with Gasteiger partial charge >= 0.3 is 0 Å². The molecule has 0 amide bonds. The molecule has 3 unspecified atom stereocenters. The first-order valence-corrected chi connectivity index (χ1v) is 7.37. The molecule has 4 heteroatoms. The summed E-state index contributed by atoms with van der Waals surface area (Å²) < 4.78 is 5.53. The van der Waals surface area contributed by atoms with Crippen molar-refractivity contribution in [3.63, 3.8) is 0 Å². The zero-order valence-corrected chi connectivity index (χ0v) is 12.1. The van der Waals surface area contributed by atoms with Gasteiger partial charge in [-0.3, -0.25) is 0 Å². The summed E-state index contributed by atoms with van der Waals surface area (Å²) in [6.07, 6.45) is 2.42. The largest absolute Gasteiger partial charge is 0.491 e. The molecule has 20 heavy (non-hydrogen) atoms. The fourth-order valence-corrected chi connectivity index (χ4v) is 2.83. The molecule has 3 atom stereocenters. The van der Waals surface area contributed by atoms with Gasteiger partial charge in [0.15, 0.2) is 0 Å². The summed E-state index contributed by atoms with van der Waals surface area (Å²) in [5.41, 5.74) is 0. The molecule has 4 nitrogen and oxygen atoms in total. The Morgan fingerprint density at radius 1 is 1.30 bits per heavy atom. The van der Waals surface area contributed by atoms with Crippen molar-refractivity contribution in [2.24, 2.45) is 5.92 Å². The Hall–Kier alpha value is -1.10. The van der Waals surface area contributed by atoms with Gasteiger partial charge in [0.25, 0.3) is 0 Å². The minimum absolute atomic E-state index is 0.171. The summed E-state index contributed by atoms with van der Waals surface area (Å²) in [6.45, 7) is 1.70. The first-order valence-electron chi connectivity index (χ1n) is 7.37. The lowest BCUT2D eigenvalue weighted by Gasteiger charge is -2.25. The summed E-state index contributed by atoms with van der Waals surface area (Å²) >= 11 is 0. The average molecular weight is 279 g/mol. The molecule has 1 aromatic carbocycles. The van der Waals surface area contributed by atoms with Gasteiger partial charge in [-0.1, -0.05) is 24.6 Å². The standard InChI is InChI=1S/C16H25NO3/c1-17(10-13-6-5-9-16(13)19)11-14(18)12-20-15-7-3-2-4-8-15/h2-4,7-8,13-14,16,18-19H,5-6,9-12H2,1H3. The monoisotopic (exact) mass is 279 g/mol. The smallest absolute Gasteiger partial charge is 0.119 e. The Morgan fingerprint density at radius 2 is 2.05 bits per heavy atom. The third-order valence-corrected chi connectivity index (χ3v) is 3.87. The van der Waals surface area contributed by atoms with E-state index in [0.717, 1.165) is 31.6 Å². The fraction of sp³-hybridized carbons (Fsp3) is 0.625. The van der Waals surface area contributed by atoms with Crippen molar-refractivity contribution in [3.8, 4) is 5.75 Å². The van der Waals surface area contributed by atoms with Crippen LogP contribution in [0.15, 0.2) is 30.3 Å². The second-order valence-electron chi connectivity index (χ2n) is 5.76. The normalized spacial score (nSPS) is 24.0. The SMILES string of the molecule is CN(CC(O)COc1ccccc1)CC1CCCC1O. The van der Waals surface area contributed by atoms with E-state index >= 15 is 0 Å². The quantitative estimate of drug-likeness (QED) is 0.794. The molecule has 0 saturated heterocycles. The number of para-hydroxylation sites is 1. The topological polar surface area (TPSA) is 52.9 Å². The molecule has 112 valence electrons. The van der Waals surface area contributed by atoms with Gasteiger partial charge in [-0.2, -0.15) is 0 Å². The maximum absolute atomic E-state index is 9.99. The number of hydrogen-bond donors (Lipinski definition) is 2. The summed E-state index contributed by atoms with van der Waals surface area (Å²) in [5.74, 6) is 1.13. The number of aliphatic hydroxyl groups is 2. The molecular weight excluding hydrogens is 254 g/mol. The molecule has 2 N–H and O–H groups in total. The predicted octanol–water partition coefficient (Wildman–Crippen LogP) is 1.52. The van der Waals surface area contributed by atoms with E-state index in [1.165, 1.54) is 0 Å². The van der Waals surface area contributed by atoms with E-state index in [0.29, 0.717) is 19.1 Å². The second-order valence-corrected chi connectivity index (χ2v) is 5.76. The molecule has 1 saturated carbocycles. The Balaban J connectivity index is 1.67. The molecule has 0 radical (unpaired) electrons. The molecule has 0 aliphatic heterocycles.